The minimum Gasteiger partial charge on any atom is -0.396 e. The van der Waals surface area contributed by atoms with Crippen LogP contribution in [0.1, 0.15) is 11.3 Å². The van der Waals surface area contributed by atoms with E-state index in [1.165, 1.54) is 4.52 Å². The van der Waals surface area contributed by atoms with Gasteiger partial charge in [-0.3, -0.25) is 4.79 Å². The first kappa shape index (κ1) is 10.8. The van der Waals surface area contributed by atoms with E-state index >= 15 is 0 Å². The molecule has 0 spiro atoms. The molecular formula is C10H13N3O3. The molecule has 0 unspecified atom stereocenters. The summed E-state index contributed by atoms with van der Waals surface area (Å²) in [6.45, 7) is 0.235. The van der Waals surface area contributed by atoms with Gasteiger partial charge in [-0.15, -0.1) is 0 Å². The quantitative estimate of drug-likeness (QED) is 0.746. The molecule has 0 amide bonds. The number of aromatic nitrogens is 3. The van der Waals surface area contributed by atoms with Crippen LogP contribution in [-0.4, -0.2) is 33.4 Å². The van der Waals surface area contributed by atoms with Gasteiger partial charge in [-0.2, -0.15) is 9.61 Å². The van der Waals surface area contributed by atoms with Gasteiger partial charge >= 0.3 is 0 Å². The van der Waals surface area contributed by atoms with Crippen molar-refractivity contribution >= 4 is 5.65 Å². The van der Waals surface area contributed by atoms with Gasteiger partial charge in [0.25, 0.3) is 5.56 Å². The van der Waals surface area contributed by atoms with Gasteiger partial charge in [0.05, 0.1) is 18.5 Å². The number of fused-ring (bicyclic) bond motifs is 1. The second-order valence-corrected chi connectivity index (χ2v) is 3.42. The molecular weight excluding hydrogens is 210 g/mol. The number of methoxy groups -OCH3 is 1. The van der Waals surface area contributed by atoms with Crippen LogP contribution in [0.3, 0.4) is 0 Å². The second kappa shape index (κ2) is 4.46. The van der Waals surface area contributed by atoms with Crippen LogP contribution in [0.4, 0.5) is 0 Å². The summed E-state index contributed by atoms with van der Waals surface area (Å²) in [5, 5.41) is 12.8. The lowest BCUT2D eigenvalue weighted by Gasteiger charge is -2.07. The van der Waals surface area contributed by atoms with Gasteiger partial charge in [0.2, 0.25) is 0 Å². The van der Waals surface area contributed by atoms with E-state index in [0.29, 0.717) is 29.9 Å². The summed E-state index contributed by atoms with van der Waals surface area (Å²) in [6.07, 6.45) is 1.84. The minimum absolute atomic E-state index is 0.0768. The van der Waals surface area contributed by atoms with Gasteiger partial charge in [-0.1, -0.05) is 0 Å². The summed E-state index contributed by atoms with van der Waals surface area (Å²) in [6, 6.07) is 1.71. The normalized spacial score (nSPS) is 11.1. The highest BCUT2D eigenvalue weighted by atomic mass is 16.5. The number of hydrogen-bond acceptors (Lipinski definition) is 4. The summed E-state index contributed by atoms with van der Waals surface area (Å²) in [5.41, 5.74) is 1.62. The first-order valence-corrected chi connectivity index (χ1v) is 4.95. The van der Waals surface area contributed by atoms with Crippen molar-refractivity contribution in [3.63, 3.8) is 0 Å². The third-order valence-electron chi connectivity index (χ3n) is 2.39. The Bertz CT molecular complexity index is 544. The molecule has 2 rings (SSSR count). The zero-order valence-corrected chi connectivity index (χ0v) is 8.93. The molecule has 0 aromatic carbocycles. The number of aliphatic hydroxyl groups excluding tert-OH is 1. The van der Waals surface area contributed by atoms with Gasteiger partial charge in [0.15, 0.2) is 0 Å². The fourth-order valence-electron chi connectivity index (χ4n) is 1.68. The molecule has 6 heteroatoms. The molecule has 2 heterocycles. The predicted molar refractivity (Wildman–Crippen MR) is 57.3 cm³/mol. The van der Waals surface area contributed by atoms with Crippen molar-refractivity contribution in [1.82, 2.24) is 14.6 Å². The summed E-state index contributed by atoms with van der Waals surface area (Å²) >= 11 is 0. The third kappa shape index (κ3) is 1.72. The first-order chi connectivity index (χ1) is 7.77. The largest absolute Gasteiger partial charge is 0.396 e. The third-order valence-corrected chi connectivity index (χ3v) is 2.39. The van der Waals surface area contributed by atoms with Crippen LogP contribution in [0, 0.1) is 0 Å². The second-order valence-electron chi connectivity index (χ2n) is 3.42. The zero-order valence-electron chi connectivity index (χ0n) is 8.93. The topological polar surface area (TPSA) is 79.6 Å². The highest BCUT2D eigenvalue weighted by Crippen LogP contribution is 2.06. The van der Waals surface area contributed by atoms with Crippen LogP contribution in [-0.2, 0) is 17.8 Å². The minimum atomic E-state index is -0.208. The lowest BCUT2D eigenvalue weighted by atomic mass is 10.2. The van der Waals surface area contributed by atoms with E-state index in [9.17, 15) is 4.79 Å². The summed E-state index contributed by atoms with van der Waals surface area (Å²) < 4.78 is 6.30. The number of aromatic amines is 1. The molecule has 0 aliphatic rings. The van der Waals surface area contributed by atoms with Crippen LogP contribution in [0.5, 0.6) is 0 Å². The Kier molecular flexibility index (Phi) is 3.02. The maximum Gasteiger partial charge on any atom is 0.277 e. The lowest BCUT2D eigenvalue weighted by molar-refractivity contribution is 0.180. The molecule has 0 bridgehead atoms. The Balaban J connectivity index is 2.65. The Morgan fingerprint density at radius 1 is 1.62 bits per heavy atom. The van der Waals surface area contributed by atoms with Crippen LogP contribution >= 0.6 is 0 Å². The maximum atomic E-state index is 12.0. The lowest BCUT2D eigenvalue weighted by Crippen LogP contribution is -2.23. The number of hydrogen-bond donors (Lipinski definition) is 2. The van der Waals surface area contributed by atoms with Gasteiger partial charge in [-0.05, 0) is 0 Å². The van der Waals surface area contributed by atoms with E-state index in [4.69, 9.17) is 9.84 Å². The number of H-pyrrole nitrogens is 1. The molecule has 0 radical (unpaired) electrons. The molecule has 0 atom stereocenters. The van der Waals surface area contributed by atoms with Crippen molar-refractivity contribution in [3.05, 3.63) is 33.9 Å². The number of nitrogens with one attached hydrogen (secondary N) is 1. The molecule has 86 valence electrons. The standard InChI is InChI=1S/C10H13N3O3/c1-16-6-8-7(3-5-14)10(15)13-9(12-8)2-4-11-13/h2,4,12,14H,3,5-6H2,1H3. The molecule has 0 fully saturated rings. The highest BCUT2D eigenvalue weighted by Gasteiger charge is 2.11. The van der Waals surface area contributed by atoms with Crippen molar-refractivity contribution in [2.45, 2.75) is 13.0 Å². The van der Waals surface area contributed by atoms with Crippen LogP contribution < -0.4 is 5.56 Å². The number of aliphatic hydroxyl groups is 1. The fourth-order valence-corrected chi connectivity index (χ4v) is 1.68. The van der Waals surface area contributed by atoms with E-state index in [1.807, 2.05) is 0 Å². The first-order valence-electron chi connectivity index (χ1n) is 4.95. The SMILES string of the molecule is COCc1[nH]c2ccnn2c(=O)c1CCO. The molecule has 2 aromatic rings. The average Bonchev–Trinajstić information content (AvgIpc) is 2.72. The maximum absolute atomic E-state index is 12.0. The van der Waals surface area contributed by atoms with Crippen molar-refractivity contribution in [3.8, 4) is 0 Å². The zero-order chi connectivity index (χ0) is 11.5. The van der Waals surface area contributed by atoms with Crippen molar-refractivity contribution in [1.29, 1.82) is 0 Å². The van der Waals surface area contributed by atoms with Crippen molar-refractivity contribution in [2.75, 3.05) is 13.7 Å². The summed E-state index contributed by atoms with van der Waals surface area (Å²) in [7, 11) is 1.56. The monoisotopic (exact) mass is 223 g/mol. The highest BCUT2D eigenvalue weighted by molar-refractivity contribution is 5.39. The summed E-state index contributed by atoms with van der Waals surface area (Å²) in [5.74, 6) is 0. The van der Waals surface area contributed by atoms with E-state index in [-0.39, 0.29) is 12.2 Å². The molecule has 6 nitrogen and oxygen atoms in total. The molecule has 0 saturated heterocycles. The van der Waals surface area contributed by atoms with E-state index in [2.05, 4.69) is 10.1 Å². The van der Waals surface area contributed by atoms with Gasteiger partial charge in [-0.25, -0.2) is 0 Å². The molecule has 0 aliphatic carbocycles. The Morgan fingerprint density at radius 3 is 3.12 bits per heavy atom. The fraction of sp³-hybridized carbons (Fsp3) is 0.400. The van der Waals surface area contributed by atoms with Crippen LogP contribution in [0.25, 0.3) is 5.65 Å². The smallest absolute Gasteiger partial charge is 0.277 e. The van der Waals surface area contributed by atoms with E-state index < -0.39 is 0 Å². The molecule has 2 N–H and O–H groups in total. The number of ether oxygens (including phenoxy) is 1. The Labute approximate surface area is 91.5 Å². The predicted octanol–water partition coefficient (Wildman–Crippen LogP) is -0.296. The van der Waals surface area contributed by atoms with E-state index in [1.54, 1.807) is 19.4 Å². The number of rotatable bonds is 4. The van der Waals surface area contributed by atoms with E-state index in [0.717, 1.165) is 0 Å². The van der Waals surface area contributed by atoms with Crippen LogP contribution in [0.2, 0.25) is 0 Å². The molecule has 2 aromatic heterocycles. The average molecular weight is 223 g/mol. The number of nitrogens with zero attached hydrogens (tertiary/aromatic N) is 2. The molecule has 0 aliphatic heterocycles. The Hall–Kier alpha value is -1.66. The summed E-state index contributed by atoms with van der Waals surface area (Å²) in [4.78, 5) is 15.1. The van der Waals surface area contributed by atoms with Gasteiger partial charge < -0.3 is 14.8 Å². The van der Waals surface area contributed by atoms with Gasteiger partial charge in [0, 0.05) is 31.8 Å². The molecule has 0 saturated carbocycles. The van der Waals surface area contributed by atoms with Gasteiger partial charge in [0.1, 0.15) is 5.65 Å². The Morgan fingerprint density at radius 2 is 2.44 bits per heavy atom. The van der Waals surface area contributed by atoms with Crippen LogP contribution in [0.15, 0.2) is 17.1 Å². The van der Waals surface area contributed by atoms with Crippen molar-refractivity contribution in [2.24, 2.45) is 0 Å². The molecule has 16 heavy (non-hydrogen) atoms. The van der Waals surface area contributed by atoms with Crippen molar-refractivity contribution < 1.29 is 9.84 Å².